The molecule has 1 aromatic rings. The highest BCUT2D eigenvalue weighted by atomic mass is 16.5. The van der Waals surface area contributed by atoms with Crippen LogP contribution in [0, 0.1) is 12.8 Å². The van der Waals surface area contributed by atoms with E-state index < -0.39 is 0 Å². The van der Waals surface area contributed by atoms with Crippen molar-refractivity contribution in [2.24, 2.45) is 5.92 Å². The van der Waals surface area contributed by atoms with Crippen molar-refractivity contribution in [1.29, 1.82) is 0 Å². The van der Waals surface area contributed by atoms with Gasteiger partial charge in [0.2, 0.25) is 0 Å². The summed E-state index contributed by atoms with van der Waals surface area (Å²) in [5.41, 5.74) is 2.45. The lowest BCUT2D eigenvalue weighted by Crippen LogP contribution is -2.50. The van der Waals surface area contributed by atoms with E-state index in [1.54, 1.807) is 0 Å². The molecular formula is C21H34N2O3. The first-order chi connectivity index (χ1) is 12.8. The summed E-state index contributed by atoms with van der Waals surface area (Å²) in [7, 11) is 0. The molecule has 0 amide bonds. The van der Waals surface area contributed by atoms with E-state index in [-0.39, 0.29) is 0 Å². The predicted molar refractivity (Wildman–Crippen MR) is 104 cm³/mol. The molecule has 2 fully saturated rings. The van der Waals surface area contributed by atoms with E-state index in [4.69, 9.17) is 14.2 Å². The first kappa shape index (κ1) is 19.6. The lowest BCUT2D eigenvalue weighted by atomic mass is 9.94. The predicted octanol–water partition coefficient (Wildman–Crippen LogP) is 2.66. The van der Waals surface area contributed by atoms with Crippen molar-refractivity contribution in [1.82, 2.24) is 10.6 Å². The Kier molecular flexibility index (Phi) is 7.74. The second-order valence-corrected chi connectivity index (χ2v) is 7.37. The minimum absolute atomic E-state index is 0.490. The smallest absolute Gasteiger partial charge is 0.124 e. The molecule has 1 aliphatic carbocycles. The zero-order chi connectivity index (χ0) is 18.2. The van der Waals surface area contributed by atoms with E-state index in [1.165, 1.54) is 30.4 Å². The van der Waals surface area contributed by atoms with Crippen molar-refractivity contribution in [3.8, 4) is 5.75 Å². The number of nitrogens with one attached hydrogen (secondary N) is 2. The second kappa shape index (κ2) is 10.3. The molecule has 1 aliphatic heterocycles. The molecule has 0 bridgehead atoms. The lowest BCUT2D eigenvalue weighted by molar-refractivity contribution is 0.0524. The van der Waals surface area contributed by atoms with Crippen LogP contribution in [0.15, 0.2) is 18.2 Å². The van der Waals surface area contributed by atoms with Crippen LogP contribution in [0.2, 0.25) is 0 Å². The maximum Gasteiger partial charge on any atom is 0.124 e. The SMILES string of the molecule is CCOCCOc1cc(C)ccc1CNC1CCCC1C1COCCN1. The van der Waals surface area contributed by atoms with E-state index in [9.17, 15) is 0 Å². The van der Waals surface area contributed by atoms with Crippen molar-refractivity contribution in [3.63, 3.8) is 0 Å². The summed E-state index contributed by atoms with van der Waals surface area (Å²) < 4.78 is 17.0. The molecule has 0 radical (unpaired) electrons. The van der Waals surface area contributed by atoms with Gasteiger partial charge in [-0.1, -0.05) is 18.6 Å². The van der Waals surface area contributed by atoms with Crippen molar-refractivity contribution in [2.45, 2.75) is 51.7 Å². The molecule has 5 heteroatoms. The summed E-state index contributed by atoms with van der Waals surface area (Å²) in [5, 5.41) is 7.44. The van der Waals surface area contributed by atoms with Gasteiger partial charge >= 0.3 is 0 Å². The Labute approximate surface area is 157 Å². The van der Waals surface area contributed by atoms with E-state index in [1.807, 2.05) is 6.92 Å². The average Bonchev–Trinajstić information content (AvgIpc) is 3.14. The van der Waals surface area contributed by atoms with Crippen LogP contribution in [0.5, 0.6) is 5.75 Å². The maximum absolute atomic E-state index is 5.98. The standard InChI is InChI=1S/C21H34N2O3/c1-3-24-11-12-26-21-13-16(2)7-8-17(21)14-23-19-6-4-5-18(19)20-15-25-10-9-22-20/h7-8,13,18-20,22-23H,3-6,9-12,14-15H2,1-2H3. The van der Waals surface area contributed by atoms with Crippen molar-refractivity contribution >= 4 is 0 Å². The Morgan fingerprint density at radius 3 is 3.00 bits per heavy atom. The third-order valence-corrected chi connectivity index (χ3v) is 5.50. The topological polar surface area (TPSA) is 51.8 Å². The molecule has 3 atom stereocenters. The Hall–Kier alpha value is -1.14. The molecule has 3 rings (SSSR count). The van der Waals surface area contributed by atoms with Crippen LogP contribution in [0.3, 0.4) is 0 Å². The van der Waals surface area contributed by atoms with Crippen molar-refractivity contribution < 1.29 is 14.2 Å². The van der Waals surface area contributed by atoms with Crippen molar-refractivity contribution in [2.75, 3.05) is 39.6 Å². The Bertz CT molecular complexity index is 546. The minimum Gasteiger partial charge on any atom is -0.491 e. The number of hydrogen-bond donors (Lipinski definition) is 2. The van der Waals surface area contributed by atoms with Crippen LogP contribution >= 0.6 is 0 Å². The minimum atomic E-state index is 0.490. The van der Waals surface area contributed by atoms with Crippen LogP contribution < -0.4 is 15.4 Å². The van der Waals surface area contributed by atoms with Crippen LogP contribution in [-0.2, 0) is 16.0 Å². The molecule has 5 nitrogen and oxygen atoms in total. The monoisotopic (exact) mass is 362 g/mol. The summed E-state index contributed by atoms with van der Waals surface area (Å²) in [6, 6.07) is 7.51. The molecule has 1 saturated carbocycles. The van der Waals surface area contributed by atoms with Gasteiger partial charge in [-0.2, -0.15) is 0 Å². The zero-order valence-electron chi connectivity index (χ0n) is 16.3. The molecule has 3 unspecified atom stereocenters. The zero-order valence-corrected chi connectivity index (χ0v) is 16.3. The van der Waals surface area contributed by atoms with Crippen LogP contribution in [0.1, 0.15) is 37.3 Å². The van der Waals surface area contributed by atoms with E-state index >= 15 is 0 Å². The largest absolute Gasteiger partial charge is 0.491 e. The average molecular weight is 363 g/mol. The number of hydrogen-bond acceptors (Lipinski definition) is 5. The summed E-state index contributed by atoms with van der Waals surface area (Å²) in [6.07, 6.45) is 3.83. The number of benzene rings is 1. The molecule has 26 heavy (non-hydrogen) atoms. The molecule has 1 aromatic carbocycles. The fraction of sp³-hybridized carbons (Fsp3) is 0.714. The van der Waals surface area contributed by atoms with Gasteiger partial charge in [0.25, 0.3) is 0 Å². The van der Waals surface area contributed by atoms with Gasteiger partial charge in [0.05, 0.1) is 19.8 Å². The molecule has 2 N–H and O–H groups in total. The van der Waals surface area contributed by atoms with Gasteiger partial charge in [0.15, 0.2) is 0 Å². The molecule has 146 valence electrons. The Balaban J connectivity index is 1.56. The van der Waals surface area contributed by atoms with E-state index in [0.717, 1.165) is 38.7 Å². The van der Waals surface area contributed by atoms with E-state index in [2.05, 4.69) is 35.8 Å². The van der Waals surface area contributed by atoms with Crippen LogP contribution in [0.4, 0.5) is 0 Å². The summed E-state index contributed by atoms with van der Waals surface area (Å²) in [5.74, 6) is 1.63. The summed E-state index contributed by atoms with van der Waals surface area (Å²) in [6.45, 7) is 9.58. The highest BCUT2D eigenvalue weighted by molar-refractivity contribution is 5.37. The van der Waals surface area contributed by atoms with Gasteiger partial charge in [-0.15, -0.1) is 0 Å². The molecule has 1 heterocycles. The molecule has 0 aromatic heterocycles. The van der Waals surface area contributed by atoms with Crippen LogP contribution in [-0.4, -0.2) is 51.7 Å². The van der Waals surface area contributed by atoms with Crippen LogP contribution in [0.25, 0.3) is 0 Å². The lowest BCUT2D eigenvalue weighted by Gasteiger charge is -2.33. The first-order valence-electron chi connectivity index (χ1n) is 10.1. The molecule has 1 saturated heterocycles. The number of aryl methyl sites for hydroxylation is 1. The normalized spacial score (nSPS) is 26.2. The molecule has 2 aliphatic rings. The van der Waals surface area contributed by atoms with Gasteiger partial charge in [-0.25, -0.2) is 0 Å². The third-order valence-electron chi connectivity index (χ3n) is 5.50. The van der Waals surface area contributed by atoms with Gasteiger partial charge in [-0.3, -0.25) is 0 Å². The first-order valence-corrected chi connectivity index (χ1v) is 10.1. The fourth-order valence-corrected chi connectivity index (χ4v) is 4.12. The number of ether oxygens (including phenoxy) is 3. The second-order valence-electron chi connectivity index (χ2n) is 7.37. The fourth-order valence-electron chi connectivity index (χ4n) is 4.12. The summed E-state index contributed by atoms with van der Waals surface area (Å²) >= 11 is 0. The highest BCUT2D eigenvalue weighted by Gasteiger charge is 2.34. The van der Waals surface area contributed by atoms with Gasteiger partial charge in [-0.05, 0) is 44.2 Å². The maximum atomic E-state index is 5.98. The van der Waals surface area contributed by atoms with Gasteiger partial charge in [0, 0.05) is 37.3 Å². The Morgan fingerprint density at radius 1 is 1.27 bits per heavy atom. The van der Waals surface area contributed by atoms with Crippen molar-refractivity contribution in [3.05, 3.63) is 29.3 Å². The number of morpholine rings is 1. The van der Waals surface area contributed by atoms with Gasteiger partial charge < -0.3 is 24.8 Å². The quantitative estimate of drug-likeness (QED) is 0.662. The van der Waals surface area contributed by atoms with E-state index in [0.29, 0.717) is 31.2 Å². The highest BCUT2D eigenvalue weighted by Crippen LogP contribution is 2.30. The molecule has 0 spiro atoms. The third kappa shape index (κ3) is 5.43. The van der Waals surface area contributed by atoms with Gasteiger partial charge in [0.1, 0.15) is 12.4 Å². The number of rotatable bonds is 9. The summed E-state index contributed by atoms with van der Waals surface area (Å²) in [4.78, 5) is 0. The Morgan fingerprint density at radius 2 is 2.19 bits per heavy atom. The molecular weight excluding hydrogens is 328 g/mol.